The largest absolute Gasteiger partial charge is 0.325 e. The van der Waals surface area contributed by atoms with E-state index in [0.717, 1.165) is 12.1 Å². The number of halogens is 2. The summed E-state index contributed by atoms with van der Waals surface area (Å²) in [7, 11) is -3.79. The summed E-state index contributed by atoms with van der Waals surface area (Å²) in [5.74, 6) is -1.03. The van der Waals surface area contributed by atoms with E-state index in [0.29, 0.717) is 5.69 Å². The van der Waals surface area contributed by atoms with E-state index in [-0.39, 0.29) is 22.4 Å². The van der Waals surface area contributed by atoms with Gasteiger partial charge in [0.05, 0.1) is 4.90 Å². The van der Waals surface area contributed by atoms with Crippen molar-refractivity contribution in [1.82, 2.24) is 0 Å². The van der Waals surface area contributed by atoms with Crippen LogP contribution >= 0.6 is 11.6 Å². The van der Waals surface area contributed by atoms with Gasteiger partial charge in [-0.3, -0.25) is 9.52 Å². The van der Waals surface area contributed by atoms with Crippen molar-refractivity contribution in [2.45, 2.75) is 4.90 Å². The molecule has 0 aliphatic carbocycles. The molecule has 0 spiro atoms. The van der Waals surface area contributed by atoms with Crippen LogP contribution in [0.25, 0.3) is 0 Å². The molecule has 2 aromatic rings. The maximum absolute atomic E-state index is 12.8. The van der Waals surface area contributed by atoms with Gasteiger partial charge in [0.2, 0.25) is 5.91 Å². The van der Waals surface area contributed by atoms with Crippen LogP contribution in [0.3, 0.4) is 0 Å². The molecule has 0 saturated heterocycles. The molecule has 116 valence electrons. The SMILES string of the molecule is O=C(CCl)Nc1ccc(S(=O)(=O)Nc2ccc(F)cc2)cc1. The minimum absolute atomic E-state index is 0.0145. The molecule has 0 fully saturated rings. The second-order valence-corrected chi connectivity index (χ2v) is 6.27. The van der Waals surface area contributed by atoms with Crippen molar-refractivity contribution >= 4 is 38.9 Å². The molecule has 0 aromatic heterocycles. The van der Waals surface area contributed by atoms with Crippen LogP contribution in [-0.2, 0) is 14.8 Å². The normalized spacial score (nSPS) is 11.0. The molecule has 0 aliphatic rings. The van der Waals surface area contributed by atoms with E-state index in [9.17, 15) is 17.6 Å². The van der Waals surface area contributed by atoms with Crippen molar-refractivity contribution in [2.75, 3.05) is 15.9 Å². The standard InChI is InChI=1S/C14H12ClFN2O3S/c15-9-14(19)17-11-5-7-13(8-6-11)22(20,21)18-12-3-1-10(16)2-4-12/h1-8,18H,9H2,(H,17,19). The highest BCUT2D eigenvalue weighted by molar-refractivity contribution is 7.92. The molecule has 0 radical (unpaired) electrons. The summed E-state index contributed by atoms with van der Waals surface area (Å²) in [4.78, 5) is 11.1. The Balaban J connectivity index is 2.15. The maximum Gasteiger partial charge on any atom is 0.261 e. The van der Waals surface area contributed by atoms with Crippen LogP contribution in [0, 0.1) is 5.82 Å². The van der Waals surface area contributed by atoms with E-state index in [1.165, 1.54) is 36.4 Å². The fraction of sp³-hybridized carbons (Fsp3) is 0.0714. The number of sulfonamides is 1. The Morgan fingerprint density at radius 3 is 2.09 bits per heavy atom. The van der Waals surface area contributed by atoms with Gasteiger partial charge in [-0.15, -0.1) is 11.6 Å². The summed E-state index contributed by atoms with van der Waals surface area (Å²) < 4.78 is 39.5. The van der Waals surface area contributed by atoms with Gasteiger partial charge in [0.15, 0.2) is 0 Å². The minimum atomic E-state index is -3.79. The third kappa shape index (κ3) is 4.19. The zero-order chi connectivity index (χ0) is 16.2. The number of benzene rings is 2. The molecule has 2 N–H and O–H groups in total. The van der Waals surface area contributed by atoms with Crippen LogP contribution in [0.2, 0.25) is 0 Å². The lowest BCUT2D eigenvalue weighted by molar-refractivity contribution is -0.113. The first-order chi connectivity index (χ1) is 10.4. The van der Waals surface area contributed by atoms with Gasteiger partial charge in [-0.1, -0.05) is 0 Å². The Kier molecular flexibility index (Phi) is 4.99. The predicted molar refractivity (Wildman–Crippen MR) is 83.0 cm³/mol. The van der Waals surface area contributed by atoms with Gasteiger partial charge >= 0.3 is 0 Å². The number of hydrogen-bond acceptors (Lipinski definition) is 3. The van der Waals surface area contributed by atoms with E-state index in [1.807, 2.05) is 0 Å². The summed E-state index contributed by atoms with van der Waals surface area (Å²) in [6, 6.07) is 10.5. The molecule has 8 heteroatoms. The molecule has 0 atom stereocenters. The molecule has 2 rings (SSSR count). The second-order valence-electron chi connectivity index (χ2n) is 4.32. The highest BCUT2D eigenvalue weighted by atomic mass is 35.5. The van der Waals surface area contributed by atoms with Crippen molar-refractivity contribution in [3.63, 3.8) is 0 Å². The number of carbonyl (C=O) groups excluding carboxylic acids is 1. The Morgan fingerprint density at radius 1 is 1.00 bits per heavy atom. The fourth-order valence-corrected chi connectivity index (χ4v) is 2.77. The summed E-state index contributed by atoms with van der Waals surface area (Å²) in [5.41, 5.74) is 0.687. The average Bonchev–Trinajstić information content (AvgIpc) is 2.50. The summed E-state index contributed by atoms with van der Waals surface area (Å²) in [5, 5.41) is 2.50. The van der Waals surface area contributed by atoms with Crippen molar-refractivity contribution in [1.29, 1.82) is 0 Å². The number of hydrogen-bond donors (Lipinski definition) is 2. The van der Waals surface area contributed by atoms with Crippen LogP contribution in [0.5, 0.6) is 0 Å². The van der Waals surface area contributed by atoms with Gasteiger partial charge in [-0.05, 0) is 48.5 Å². The van der Waals surface area contributed by atoms with Crippen LogP contribution in [0.15, 0.2) is 53.4 Å². The molecule has 1 amide bonds. The molecule has 2 aromatic carbocycles. The summed E-state index contributed by atoms with van der Waals surface area (Å²) >= 11 is 5.36. The molecule has 22 heavy (non-hydrogen) atoms. The number of anilines is 2. The van der Waals surface area contributed by atoms with E-state index >= 15 is 0 Å². The Morgan fingerprint density at radius 2 is 1.55 bits per heavy atom. The van der Waals surface area contributed by atoms with E-state index in [4.69, 9.17) is 11.6 Å². The third-order valence-electron chi connectivity index (χ3n) is 2.67. The van der Waals surface area contributed by atoms with Crippen LogP contribution < -0.4 is 10.0 Å². The minimum Gasteiger partial charge on any atom is -0.325 e. The molecule has 5 nitrogen and oxygen atoms in total. The van der Waals surface area contributed by atoms with Crippen LogP contribution in [0.4, 0.5) is 15.8 Å². The van der Waals surface area contributed by atoms with Crippen molar-refractivity contribution in [3.8, 4) is 0 Å². The lowest BCUT2D eigenvalue weighted by Crippen LogP contribution is -2.14. The zero-order valence-corrected chi connectivity index (χ0v) is 12.8. The molecule has 0 bridgehead atoms. The van der Waals surface area contributed by atoms with E-state index in [1.54, 1.807) is 0 Å². The Bertz CT molecular complexity index is 762. The molecule has 0 unspecified atom stereocenters. The second kappa shape index (κ2) is 6.76. The quantitative estimate of drug-likeness (QED) is 0.820. The monoisotopic (exact) mass is 342 g/mol. The number of rotatable bonds is 5. The lowest BCUT2D eigenvalue weighted by Gasteiger charge is -2.09. The Labute approximate surface area is 132 Å². The van der Waals surface area contributed by atoms with Gasteiger partial charge in [0.1, 0.15) is 11.7 Å². The number of nitrogens with one attached hydrogen (secondary N) is 2. The van der Waals surface area contributed by atoms with E-state index < -0.39 is 15.8 Å². The molecular weight excluding hydrogens is 331 g/mol. The highest BCUT2D eigenvalue weighted by Crippen LogP contribution is 2.18. The van der Waals surface area contributed by atoms with Gasteiger partial charge < -0.3 is 5.32 Å². The van der Waals surface area contributed by atoms with Gasteiger partial charge in [0, 0.05) is 11.4 Å². The number of carbonyl (C=O) groups is 1. The van der Waals surface area contributed by atoms with Gasteiger partial charge in [0.25, 0.3) is 10.0 Å². The zero-order valence-electron chi connectivity index (χ0n) is 11.2. The first-order valence-corrected chi connectivity index (χ1v) is 8.17. The van der Waals surface area contributed by atoms with Crippen molar-refractivity contribution < 1.29 is 17.6 Å². The lowest BCUT2D eigenvalue weighted by atomic mass is 10.3. The Hall–Kier alpha value is -2.12. The third-order valence-corrected chi connectivity index (χ3v) is 4.31. The first kappa shape index (κ1) is 16.3. The predicted octanol–water partition coefficient (Wildman–Crippen LogP) is 2.80. The smallest absolute Gasteiger partial charge is 0.261 e. The van der Waals surface area contributed by atoms with Gasteiger partial charge in [-0.2, -0.15) is 0 Å². The van der Waals surface area contributed by atoms with Gasteiger partial charge in [-0.25, -0.2) is 12.8 Å². The topological polar surface area (TPSA) is 75.3 Å². The van der Waals surface area contributed by atoms with E-state index in [2.05, 4.69) is 10.0 Å². The molecule has 0 heterocycles. The van der Waals surface area contributed by atoms with Crippen LogP contribution in [-0.4, -0.2) is 20.2 Å². The maximum atomic E-state index is 12.8. The summed E-state index contributed by atoms with van der Waals surface area (Å²) in [6.07, 6.45) is 0. The number of alkyl halides is 1. The average molecular weight is 343 g/mol. The molecule has 0 aliphatic heterocycles. The number of amides is 1. The highest BCUT2D eigenvalue weighted by Gasteiger charge is 2.14. The molecule has 0 saturated carbocycles. The van der Waals surface area contributed by atoms with Crippen LogP contribution in [0.1, 0.15) is 0 Å². The van der Waals surface area contributed by atoms with Crippen molar-refractivity contribution in [2.24, 2.45) is 0 Å². The summed E-state index contributed by atoms with van der Waals surface area (Å²) in [6.45, 7) is 0. The first-order valence-electron chi connectivity index (χ1n) is 6.15. The fourth-order valence-electron chi connectivity index (χ4n) is 1.64. The van der Waals surface area contributed by atoms with Crippen molar-refractivity contribution in [3.05, 3.63) is 54.3 Å². The molecular formula is C14H12ClFN2O3S.